The van der Waals surface area contributed by atoms with Gasteiger partial charge in [-0.05, 0) is 63.6 Å². The van der Waals surface area contributed by atoms with E-state index in [1.54, 1.807) is 4.90 Å². The predicted molar refractivity (Wildman–Crippen MR) is 109 cm³/mol. The third-order valence-corrected chi connectivity index (χ3v) is 7.81. The van der Waals surface area contributed by atoms with Gasteiger partial charge < -0.3 is 10.6 Å². The van der Waals surface area contributed by atoms with Crippen molar-refractivity contribution in [3.05, 3.63) is 28.8 Å². The van der Waals surface area contributed by atoms with Gasteiger partial charge in [-0.15, -0.1) is 12.4 Å². The molecule has 1 amide bonds. The van der Waals surface area contributed by atoms with Crippen LogP contribution in [0.2, 0.25) is 0 Å². The Bertz CT molecular complexity index is 789. The van der Waals surface area contributed by atoms with Crippen molar-refractivity contribution in [3.8, 4) is 0 Å². The molecule has 0 spiro atoms. The second-order valence-electron chi connectivity index (χ2n) is 7.68. The van der Waals surface area contributed by atoms with E-state index in [0.29, 0.717) is 49.8 Å². The highest BCUT2D eigenvalue weighted by molar-refractivity contribution is 7.89. The monoisotopic (exact) mass is 415 g/mol. The van der Waals surface area contributed by atoms with Crippen LogP contribution in [0.3, 0.4) is 0 Å². The summed E-state index contributed by atoms with van der Waals surface area (Å²) in [7, 11) is -3.70. The molecule has 2 unspecified atom stereocenters. The molecule has 6 nitrogen and oxygen atoms in total. The van der Waals surface area contributed by atoms with E-state index in [4.69, 9.17) is 5.73 Å². The molecular weight excluding hydrogens is 386 g/mol. The Kier molecular flexibility index (Phi) is 6.95. The van der Waals surface area contributed by atoms with Crippen molar-refractivity contribution < 1.29 is 13.2 Å². The molecule has 1 aromatic carbocycles. The number of carbonyl (C=O) groups excluding carboxylic acids is 1. The number of benzene rings is 1. The average Bonchev–Trinajstić information content (AvgIpc) is 3.22. The van der Waals surface area contributed by atoms with Gasteiger partial charge in [-0.2, -0.15) is 4.31 Å². The van der Waals surface area contributed by atoms with Crippen molar-refractivity contribution in [2.24, 2.45) is 11.7 Å². The molecule has 0 bridgehead atoms. The van der Waals surface area contributed by atoms with Gasteiger partial charge in [0, 0.05) is 19.6 Å². The van der Waals surface area contributed by atoms with Crippen molar-refractivity contribution >= 4 is 28.3 Å². The Hall–Kier alpha value is -1.15. The highest BCUT2D eigenvalue weighted by Crippen LogP contribution is 2.32. The minimum absolute atomic E-state index is 0. The number of rotatable bonds is 4. The Morgan fingerprint density at radius 2 is 1.78 bits per heavy atom. The first-order chi connectivity index (χ1) is 12.3. The molecule has 8 heteroatoms. The molecule has 2 saturated heterocycles. The zero-order valence-corrected chi connectivity index (χ0v) is 17.9. The number of nitrogens with two attached hydrogens (primary N) is 1. The van der Waals surface area contributed by atoms with Crippen LogP contribution >= 0.6 is 12.4 Å². The molecule has 3 rings (SSSR count). The van der Waals surface area contributed by atoms with Crippen LogP contribution in [0.5, 0.6) is 0 Å². The Labute approximate surface area is 168 Å². The van der Waals surface area contributed by atoms with Gasteiger partial charge in [0.25, 0.3) is 0 Å². The highest BCUT2D eigenvalue weighted by Gasteiger charge is 2.43. The van der Waals surface area contributed by atoms with Crippen molar-refractivity contribution in [1.29, 1.82) is 0 Å². The fourth-order valence-corrected chi connectivity index (χ4v) is 6.47. The molecule has 0 radical (unpaired) electrons. The van der Waals surface area contributed by atoms with E-state index in [2.05, 4.69) is 0 Å². The van der Waals surface area contributed by atoms with Gasteiger partial charge in [0.05, 0.1) is 4.90 Å². The Balaban J connectivity index is 0.00000261. The van der Waals surface area contributed by atoms with E-state index in [1.165, 1.54) is 4.31 Å². The maximum atomic E-state index is 13.4. The number of nitrogens with zero attached hydrogens (tertiary/aromatic N) is 2. The lowest BCUT2D eigenvalue weighted by Gasteiger charge is -2.28. The summed E-state index contributed by atoms with van der Waals surface area (Å²) in [4.78, 5) is 15.1. The van der Waals surface area contributed by atoms with Crippen LogP contribution in [-0.4, -0.2) is 55.8 Å². The second kappa shape index (κ2) is 8.47. The maximum absolute atomic E-state index is 13.4. The normalized spacial score (nSPS) is 23.5. The second-order valence-corrected chi connectivity index (χ2v) is 9.50. The Morgan fingerprint density at radius 3 is 2.33 bits per heavy atom. The molecule has 1 aromatic rings. The molecule has 2 N–H and O–H groups in total. The molecule has 2 fully saturated rings. The van der Waals surface area contributed by atoms with Gasteiger partial charge in [-0.25, -0.2) is 8.42 Å². The van der Waals surface area contributed by atoms with Crippen LogP contribution in [0.4, 0.5) is 0 Å². The summed E-state index contributed by atoms with van der Waals surface area (Å²) in [6.45, 7) is 7.89. The van der Waals surface area contributed by atoms with Gasteiger partial charge in [0.2, 0.25) is 15.9 Å². The van der Waals surface area contributed by atoms with E-state index in [-0.39, 0.29) is 18.3 Å². The number of sulfonamides is 1. The fourth-order valence-electron chi connectivity index (χ4n) is 4.40. The van der Waals surface area contributed by atoms with Crippen molar-refractivity contribution in [1.82, 2.24) is 9.21 Å². The molecule has 2 heterocycles. The molecule has 2 atom stereocenters. The van der Waals surface area contributed by atoms with E-state index < -0.39 is 16.1 Å². The van der Waals surface area contributed by atoms with Crippen molar-refractivity contribution in [2.45, 2.75) is 51.0 Å². The molecule has 152 valence electrons. The number of aryl methyl sites for hydroxylation is 3. The summed E-state index contributed by atoms with van der Waals surface area (Å²) in [5, 5.41) is 0. The first-order valence-electron chi connectivity index (χ1n) is 9.34. The first kappa shape index (κ1) is 22.1. The minimum Gasteiger partial charge on any atom is -0.341 e. The number of hydrogen-bond donors (Lipinski definition) is 1. The zero-order valence-electron chi connectivity index (χ0n) is 16.3. The lowest BCUT2D eigenvalue weighted by atomic mass is 10.1. The standard InChI is InChI=1S/C19H29N3O3S.ClH/c1-13-9-14(2)18(15(3)10-13)26(24,25)22-7-4-5-17(22)19(23)21-8-6-16(11-20)12-21;/h9-10,16-17H,4-8,11-12,20H2,1-3H3;1H. The molecule has 0 aromatic heterocycles. The number of carbonyl (C=O) groups is 1. The Morgan fingerprint density at radius 1 is 1.15 bits per heavy atom. The van der Waals surface area contributed by atoms with Crippen LogP contribution in [-0.2, 0) is 14.8 Å². The van der Waals surface area contributed by atoms with E-state index in [1.807, 2.05) is 32.9 Å². The van der Waals surface area contributed by atoms with Crippen LogP contribution in [0.25, 0.3) is 0 Å². The van der Waals surface area contributed by atoms with E-state index >= 15 is 0 Å². The minimum atomic E-state index is -3.70. The van der Waals surface area contributed by atoms with Crippen molar-refractivity contribution in [3.63, 3.8) is 0 Å². The largest absolute Gasteiger partial charge is 0.341 e. The third-order valence-electron chi connectivity index (χ3n) is 5.59. The number of halogens is 1. The molecule has 2 aliphatic heterocycles. The maximum Gasteiger partial charge on any atom is 0.244 e. The lowest BCUT2D eigenvalue weighted by molar-refractivity contribution is -0.133. The van der Waals surface area contributed by atoms with Gasteiger partial charge in [0.1, 0.15) is 6.04 Å². The van der Waals surface area contributed by atoms with Gasteiger partial charge in [-0.3, -0.25) is 4.79 Å². The summed E-state index contributed by atoms with van der Waals surface area (Å²) in [6, 6.07) is 3.19. The van der Waals surface area contributed by atoms with Gasteiger partial charge in [0.15, 0.2) is 0 Å². The SMILES string of the molecule is Cc1cc(C)c(S(=O)(=O)N2CCCC2C(=O)N2CCC(CN)C2)c(C)c1.Cl. The van der Waals surface area contributed by atoms with Gasteiger partial charge in [-0.1, -0.05) is 17.7 Å². The highest BCUT2D eigenvalue weighted by atomic mass is 35.5. The summed E-state index contributed by atoms with van der Waals surface area (Å²) in [5.74, 6) is 0.261. The topological polar surface area (TPSA) is 83.7 Å². The van der Waals surface area contributed by atoms with Crippen LogP contribution in [0.1, 0.15) is 36.0 Å². The van der Waals surface area contributed by atoms with Gasteiger partial charge >= 0.3 is 0 Å². The molecule has 27 heavy (non-hydrogen) atoms. The number of likely N-dealkylation sites (tertiary alicyclic amines) is 1. The fraction of sp³-hybridized carbons (Fsp3) is 0.632. The van der Waals surface area contributed by atoms with E-state index in [0.717, 1.165) is 23.1 Å². The smallest absolute Gasteiger partial charge is 0.244 e. The number of amides is 1. The molecular formula is C19H30ClN3O3S. The molecule has 0 aliphatic carbocycles. The summed E-state index contributed by atoms with van der Waals surface area (Å²) < 4.78 is 28.2. The summed E-state index contributed by atoms with van der Waals surface area (Å²) in [6.07, 6.45) is 2.21. The number of hydrogen-bond acceptors (Lipinski definition) is 4. The van der Waals surface area contributed by atoms with E-state index in [9.17, 15) is 13.2 Å². The average molecular weight is 416 g/mol. The van der Waals surface area contributed by atoms with Crippen molar-refractivity contribution in [2.75, 3.05) is 26.2 Å². The predicted octanol–water partition coefficient (Wildman–Crippen LogP) is 1.99. The van der Waals surface area contributed by atoms with Crippen LogP contribution in [0.15, 0.2) is 17.0 Å². The quantitative estimate of drug-likeness (QED) is 0.815. The lowest BCUT2D eigenvalue weighted by Crippen LogP contribution is -2.47. The zero-order chi connectivity index (χ0) is 19.1. The van der Waals surface area contributed by atoms with Crippen LogP contribution < -0.4 is 5.73 Å². The third kappa shape index (κ3) is 4.16. The molecule has 2 aliphatic rings. The molecule has 0 saturated carbocycles. The van der Waals surface area contributed by atoms with Crippen LogP contribution in [0, 0.1) is 26.7 Å². The summed E-state index contributed by atoms with van der Waals surface area (Å²) in [5.41, 5.74) is 8.24. The first-order valence-corrected chi connectivity index (χ1v) is 10.8. The summed E-state index contributed by atoms with van der Waals surface area (Å²) >= 11 is 0.